The summed E-state index contributed by atoms with van der Waals surface area (Å²) in [5.74, 6) is 1.66. The van der Waals surface area contributed by atoms with Gasteiger partial charge in [0.05, 0.1) is 0 Å². The Morgan fingerprint density at radius 2 is 1.30 bits per heavy atom. The van der Waals surface area contributed by atoms with Gasteiger partial charge in [0.1, 0.15) is 5.58 Å². The molecule has 0 unspecified atom stereocenters. The molecular formula is C39H26N4O. The Balaban J connectivity index is 1.33. The molecule has 0 saturated carbocycles. The van der Waals surface area contributed by atoms with Crippen molar-refractivity contribution in [1.82, 2.24) is 19.9 Å². The molecule has 0 bridgehead atoms. The first-order valence-corrected chi connectivity index (χ1v) is 14.8. The van der Waals surface area contributed by atoms with Gasteiger partial charge < -0.3 is 4.42 Å². The topological polar surface area (TPSA) is 64.7 Å². The Kier molecular flexibility index (Phi) is 5.18. The van der Waals surface area contributed by atoms with Crippen molar-refractivity contribution in [3.05, 3.63) is 133 Å². The van der Waals surface area contributed by atoms with Crippen LogP contribution in [0.25, 0.3) is 78.1 Å². The molecule has 1 aliphatic rings. The van der Waals surface area contributed by atoms with Crippen LogP contribution in [0.15, 0.2) is 126 Å². The third kappa shape index (κ3) is 3.53. The van der Waals surface area contributed by atoms with E-state index in [0.29, 0.717) is 28.8 Å². The standard InChI is InChI=1S/C39H26N4O/c1-39(2)29-18-9-8-16-27(29)32-30(39)19-20-31-33(32)28-21-22-40-34(35(28)44-31)38-42-36(24-12-4-3-5-13-24)41-37(43-38)26-17-10-14-23-11-6-7-15-25(23)26/h3-22H,1-2H3. The number of hydrogen-bond donors (Lipinski definition) is 0. The number of aromatic nitrogens is 4. The highest BCUT2D eigenvalue weighted by atomic mass is 16.3. The molecule has 5 nitrogen and oxygen atoms in total. The summed E-state index contributed by atoms with van der Waals surface area (Å²) in [5.41, 5.74) is 8.96. The Hall–Kier alpha value is -5.68. The molecule has 0 atom stereocenters. The van der Waals surface area contributed by atoms with Crippen LogP contribution in [-0.2, 0) is 5.41 Å². The van der Waals surface area contributed by atoms with Crippen molar-refractivity contribution in [2.45, 2.75) is 19.3 Å². The maximum atomic E-state index is 6.64. The number of nitrogens with zero attached hydrogens (tertiary/aromatic N) is 4. The lowest BCUT2D eigenvalue weighted by molar-refractivity contribution is 0.656. The average molecular weight is 567 g/mol. The fraction of sp³-hybridized carbons (Fsp3) is 0.0769. The second kappa shape index (κ2) is 9.16. The minimum absolute atomic E-state index is 0.105. The fourth-order valence-corrected chi connectivity index (χ4v) is 6.88. The first-order valence-electron chi connectivity index (χ1n) is 14.8. The molecule has 1 aliphatic carbocycles. The molecule has 0 spiro atoms. The van der Waals surface area contributed by atoms with Crippen molar-refractivity contribution in [2.75, 3.05) is 0 Å². The highest BCUT2D eigenvalue weighted by molar-refractivity contribution is 6.16. The smallest absolute Gasteiger partial charge is 0.186 e. The lowest BCUT2D eigenvalue weighted by Gasteiger charge is -2.21. The van der Waals surface area contributed by atoms with E-state index in [-0.39, 0.29) is 5.41 Å². The van der Waals surface area contributed by atoms with E-state index < -0.39 is 0 Å². The van der Waals surface area contributed by atoms with E-state index in [9.17, 15) is 0 Å². The van der Waals surface area contributed by atoms with Crippen LogP contribution in [0, 0.1) is 0 Å². The van der Waals surface area contributed by atoms with Crippen molar-refractivity contribution in [1.29, 1.82) is 0 Å². The summed E-state index contributed by atoms with van der Waals surface area (Å²) in [4.78, 5) is 19.8. The minimum Gasteiger partial charge on any atom is -0.454 e. The van der Waals surface area contributed by atoms with E-state index in [1.807, 2.05) is 60.8 Å². The first kappa shape index (κ1) is 24.9. The Morgan fingerprint density at radius 3 is 2.20 bits per heavy atom. The van der Waals surface area contributed by atoms with Gasteiger partial charge in [0, 0.05) is 33.5 Å². The zero-order valence-electron chi connectivity index (χ0n) is 24.2. The number of furan rings is 1. The summed E-state index contributed by atoms with van der Waals surface area (Å²) in [6.45, 7) is 4.59. The van der Waals surface area contributed by atoms with Crippen molar-refractivity contribution in [2.24, 2.45) is 0 Å². The van der Waals surface area contributed by atoms with Crippen LogP contribution in [0.1, 0.15) is 25.0 Å². The molecule has 0 radical (unpaired) electrons. The zero-order chi connectivity index (χ0) is 29.4. The van der Waals surface area contributed by atoms with Crippen LogP contribution in [0.2, 0.25) is 0 Å². The number of fused-ring (bicyclic) bond motifs is 8. The largest absolute Gasteiger partial charge is 0.454 e. The number of pyridine rings is 1. The quantitative estimate of drug-likeness (QED) is 0.213. The van der Waals surface area contributed by atoms with Gasteiger partial charge in [-0.2, -0.15) is 0 Å². The summed E-state index contributed by atoms with van der Waals surface area (Å²) < 4.78 is 6.64. The minimum atomic E-state index is -0.105. The number of benzene rings is 5. The molecule has 9 rings (SSSR count). The normalized spacial score (nSPS) is 13.4. The third-order valence-electron chi connectivity index (χ3n) is 9.01. The average Bonchev–Trinajstić information content (AvgIpc) is 3.57. The van der Waals surface area contributed by atoms with Crippen LogP contribution in [0.3, 0.4) is 0 Å². The summed E-state index contributed by atoms with van der Waals surface area (Å²) in [6, 6.07) is 39.6. The molecule has 0 N–H and O–H groups in total. The molecule has 44 heavy (non-hydrogen) atoms. The van der Waals surface area contributed by atoms with E-state index in [1.165, 1.54) is 22.3 Å². The fourth-order valence-electron chi connectivity index (χ4n) is 6.88. The molecule has 0 aliphatic heterocycles. The van der Waals surface area contributed by atoms with Crippen LogP contribution in [0.4, 0.5) is 0 Å². The molecule has 8 aromatic rings. The SMILES string of the molecule is CC1(C)c2ccccc2-c2c1ccc1oc3c(-c4nc(-c5ccccc5)nc(-c5cccc6ccccc56)n4)nccc3c21. The number of hydrogen-bond acceptors (Lipinski definition) is 5. The van der Waals surface area contributed by atoms with Gasteiger partial charge in [-0.15, -0.1) is 0 Å². The van der Waals surface area contributed by atoms with Gasteiger partial charge in [-0.1, -0.05) is 117 Å². The second-order valence-corrected chi connectivity index (χ2v) is 11.9. The highest BCUT2D eigenvalue weighted by Crippen LogP contribution is 2.53. The lowest BCUT2D eigenvalue weighted by Crippen LogP contribution is -2.14. The molecule has 208 valence electrons. The molecule has 5 aromatic carbocycles. The van der Waals surface area contributed by atoms with E-state index in [2.05, 4.69) is 74.5 Å². The Morgan fingerprint density at radius 1 is 0.568 bits per heavy atom. The third-order valence-corrected chi connectivity index (χ3v) is 9.01. The van der Waals surface area contributed by atoms with Crippen molar-refractivity contribution in [3.63, 3.8) is 0 Å². The van der Waals surface area contributed by atoms with Crippen molar-refractivity contribution >= 4 is 32.7 Å². The van der Waals surface area contributed by atoms with Gasteiger partial charge in [-0.3, -0.25) is 0 Å². The maximum Gasteiger partial charge on any atom is 0.186 e. The molecule has 0 fully saturated rings. The molecule has 0 amide bonds. The zero-order valence-corrected chi connectivity index (χ0v) is 24.2. The van der Waals surface area contributed by atoms with Crippen molar-refractivity contribution in [3.8, 4) is 45.4 Å². The van der Waals surface area contributed by atoms with Gasteiger partial charge in [0.25, 0.3) is 0 Å². The van der Waals surface area contributed by atoms with Crippen LogP contribution in [0.5, 0.6) is 0 Å². The van der Waals surface area contributed by atoms with Gasteiger partial charge in [0.2, 0.25) is 0 Å². The van der Waals surface area contributed by atoms with Crippen molar-refractivity contribution < 1.29 is 4.42 Å². The van der Waals surface area contributed by atoms with Gasteiger partial charge in [-0.05, 0) is 45.2 Å². The monoisotopic (exact) mass is 566 g/mol. The van der Waals surface area contributed by atoms with Gasteiger partial charge in [-0.25, -0.2) is 19.9 Å². The van der Waals surface area contributed by atoms with E-state index in [4.69, 9.17) is 24.4 Å². The Bertz CT molecular complexity index is 2420. The molecule has 3 heterocycles. The predicted octanol–water partition coefficient (Wildman–Crippen LogP) is 9.63. The predicted molar refractivity (Wildman–Crippen MR) is 176 cm³/mol. The van der Waals surface area contributed by atoms with E-state index in [0.717, 1.165) is 38.3 Å². The summed E-state index contributed by atoms with van der Waals surface area (Å²) in [5, 5.41) is 4.31. The van der Waals surface area contributed by atoms with E-state index in [1.54, 1.807) is 0 Å². The first-order chi connectivity index (χ1) is 21.6. The summed E-state index contributed by atoms with van der Waals surface area (Å²) >= 11 is 0. The molecule has 0 saturated heterocycles. The molecular weight excluding hydrogens is 540 g/mol. The Labute approximate surface area is 253 Å². The lowest BCUT2D eigenvalue weighted by atomic mass is 9.82. The summed E-state index contributed by atoms with van der Waals surface area (Å²) in [6.07, 6.45) is 1.83. The van der Waals surface area contributed by atoms with Crippen LogP contribution < -0.4 is 0 Å². The van der Waals surface area contributed by atoms with Crippen LogP contribution in [-0.4, -0.2) is 19.9 Å². The molecule has 5 heteroatoms. The second-order valence-electron chi connectivity index (χ2n) is 11.9. The van der Waals surface area contributed by atoms with E-state index >= 15 is 0 Å². The van der Waals surface area contributed by atoms with Gasteiger partial charge >= 0.3 is 0 Å². The molecule has 3 aromatic heterocycles. The highest BCUT2D eigenvalue weighted by Gasteiger charge is 2.37. The number of rotatable bonds is 3. The summed E-state index contributed by atoms with van der Waals surface area (Å²) in [7, 11) is 0. The van der Waals surface area contributed by atoms with Gasteiger partial charge in [0.15, 0.2) is 28.8 Å². The van der Waals surface area contributed by atoms with Crippen LogP contribution >= 0.6 is 0 Å². The maximum absolute atomic E-state index is 6.64.